The van der Waals surface area contributed by atoms with Gasteiger partial charge in [0.1, 0.15) is 18.1 Å². The molecule has 49 heavy (non-hydrogen) atoms. The third-order valence-electron chi connectivity index (χ3n) is 10.1. The minimum atomic E-state index is -1.01. The van der Waals surface area contributed by atoms with Crippen molar-refractivity contribution in [3.8, 4) is 5.75 Å². The lowest BCUT2D eigenvalue weighted by Crippen LogP contribution is -2.49. The van der Waals surface area contributed by atoms with Gasteiger partial charge in [0.25, 0.3) is 0 Å². The number of ketones is 1. The fourth-order valence-corrected chi connectivity index (χ4v) is 7.41. The van der Waals surface area contributed by atoms with Crippen LogP contribution < -0.4 is 20.3 Å². The second-order valence-electron chi connectivity index (χ2n) is 13.4. The number of nitrogens with one attached hydrogen (secondary N) is 2. The van der Waals surface area contributed by atoms with E-state index in [-0.39, 0.29) is 23.5 Å². The van der Waals surface area contributed by atoms with Crippen LogP contribution in [0.4, 0.5) is 5.69 Å². The van der Waals surface area contributed by atoms with Crippen LogP contribution in [0.2, 0.25) is 0 Å². The zero-order chi connectivity index (χ0) is 35.1. The zero-order valence-electron chi connectivity index (χ0n) is 28.9. The highest BCUT2D eigenvalue weighted by Crippen LogP contribution is 2.43. The number of ether oxygens (including phenoxy) is 1. The number of anilines is 1. The predicted molar refractivity (Wildman–Crippen MR) is 188 cm³/mol. The fraction of sp³-hybridized carbons (Fsp3) is 0.436. The van der Waals surface area contributed by atoms with Crippen molar-refractivity contribution in [3.05, 3.63) is 95.6 Å². The third kappa shape index (κ3) is 8.13. The summed E-state index contributed by atoms with van der Waals surface area (Å²) in [5.41, 5.74) is 2.82. The van der Waals surface area contributed by atoms with E-state index in [4.69, 9.17) is 4.74 Å². The van der Waals surface area contributed by atoms with Gasteiger partial charge in [0.15, 0.2) is 5.78 Å². The molecule has 3 N–H and O–H groups in total. The first kappa shape index (κ1) is 35.6. The van der Waals surface area contributed by atoms with Gasteiger partial charge in [0.05, 0.1) is 24.6 Å². The van der Waals surface area contributed by atoms with Gasteiger partial charge in [0, 0.05) is 26.1 Å². The van der Waals surface area contributed by atoms with Crippen LogP contribution in [0, 0.1) is 5.41 Å². The van der Waals surface area contributed by atoms with E-state index in [1.165, 1.54) is 20.8 Å². The first-order chi connectivity index (χ1) is 23.5. The topological polar surface area (TPSA) is 128 Å². The number of aliphatic hydroxyl groups is 1. The summed E-state index contributed by atoms with van der Waals surface area (Å²) in [6, 6.07) is 23.7. The Kier molecular flexibility index (Phi) is 11.4. The lowest BCUT2D eigenvalue weighted by atomic mass is 9.81. The maximum Gasteiger partial charge on any atom is 0.226 e. The Bertz CT molecular complexity index is 1600. The molecular weight excluding hydrogens is 620 g/mol. The number of rotatable bonds is 13. The van der Waals surface area contributed by atoms with Gasteiger partial charge in [-0.3, -0.25) is 19.2 Å². The Morgan fingerprint density at radius 2 is 1.53 bits per heavy atom. The number of nitrogens with zero attached hydrogens (tertiary/aromatic N) is 2. The molecule has 2 aliphatic rings. The third-order valence-corrected chi connectivity index (χ3v) is 10.1. The van der Waals surface area contributed by atoms with E-state index in [1.54, 1.807) is 12.0 Å². The van der Waals surface area contributed by atoms with Gasteiger partial charge in [-0.2, -0.15) is 0 Å². The average molecular weight is 669 g/mol. The van der Waals surface area contributed by atoms with Crippen LogP contribution in [0.3, 0.4) is 0 Å². The Balaban J connectivity index is 1.37. The Morgan fingerprint density at radius 3 is 2.10 bits per heavy atom. The molecule has 1 saturated heterocycles. The van der Waals surface area contributed by atoms with E-state index in [0.29, 0.717) is 25.8 Å². The van der Waals surface area contributed by atoms with Crippen molar-refractivity contribution in [2.24, 2.45) is 5.41 Å². The normalized spacial score (nSPS) is 20.5. The zero-order valence-corrected chi connectivity index (χ0v) is 28.9. The van der Waals surface area contributed by atoms with Crippen LogP contribution in [0.1, 0.15) is 75.7 Å². The van der Waals surface area contributed by atoms with Crippen molar-refractivity contribution in [3.63, 3.8) is 0 Å². The smallest absolute Gasteiger partial charge is 0.226 e. The Labute approximate surface area is 288 Å². The highest BCUT2D eigenvalue weighted by atomic mass is 16.5. The lowest BCUT2D eigenvalue weighted by Gasteiger charge is -2.32. The van der Waals surface area contributed by atoms with Crippen LogP contribution in [0.15, 0.2) is 78.9 Å². The maximum absolute atomic E-state index is 13.6. The van der Waals surface area contributed by atoms with E-state index >= 15 is 0 Å². The summed E-state index contributed by atoms with van der Waals surface area (Å²) in [5.74, 6) is 0.185. The van der Waals surface area contributed by atoms with Crippen LogP contribution in [0.25, 0.3) is 0 Å². The molecule has 3 aromatic carbocycles. The van der Waals surface area contributed by atoms with E-state index in [0.717, 1.165) is 53.8 Å². The van der Waals surface area contributed by atoms with Gasteiger partial charge in [0.2, 0.25) is 17.7 Å². The van der Waals surface area contributed by atoms with Crippen LogP contribution in [-0.4, -0.2) is 65.5 Å². The van der Waals surface area contributed by atoms with Crippen molar-refractivity contribution in [2.45, 2.75) is 90.2 Å². The molecule has 10 heteroatoms. The number of amides is 3. The molecule has 4 atom stereocenters. The van der Waals surface area contributed by atoms with E-state index in [1.807, 2.05) is 83.8 Å². The molecule has 1 aliphatic heterocycles. The molecule has 3 amide bonds. The SMILES string of the molecule is COc1ccc(CC2C(O)N(c3ccc(CC(NC(=O)C4(CCNC(C)=O)CCCC4)C(C)=O)cc3)C(c3ccccc3)N2C(C)=O)cc1. The number of benzene rings is 3. The molecule has 0 bridgehead atoms. The second-order valence-corrected chi connectivity index (χ2v) is 13.4. The predicted octanol–water partition coefficient (Wildman–Crippen LogP) is 4.70. The van der Waals surface area contributed by atoms with Gasteiger partial charge < -0.3 is 30.3 Å². The monoisotopic (exact) mass is 668 g/mol. The van der Waals surface area contributed by atoms with Gasteiger partial charge in [-0.1, -0.05) is 67.4 Å². The minimum absolute atomic E-state index is 0.128. The quantitative estimate of drug-likeness (QED) is 0.241. The summed E-state index contributed by atoms with van der Waals surface area (Å²) < 4.78 is 5.31. The first-order valence-electron chi connectivity index (χ1n) is 17.1. The van der Waals surface area contributed by atoms with Crippen molar-refractivity contribution in [1.29, 1.82) is 0 Å². The number of Topliss-reactive ketones (excluding diaryl/α,β-unsaturated/α-hetero) is 1. The molecular formula is C39H48N4O6. The molecule has 0 aromatic heterocycles. The number of carbonyl (C=O) groups excluding carboxylic acids is 4. The average Bonchev–Trinajstić information content (AvgIpc) is 3.68. The van der Waals surface area contributed by atoms with E-state index in [9.17, 15) is 24.3 Å². The summed E-state index contributed by atoms with van der Waals surface area (Å²) in [4.78, 5) is 54.7. The van der Waals surface area contributed by atoms with Crippen molar-refractivity contribution in [2.75, 3.05) is 18.6 Å². The lowest BCUT2D eigenvalue weighted by molar-refractivity contribution is -0.134. The molecule has 1 heterocycles. The highest BCUT2D eigenvalue weighted by Gasteiger charge is 2.48. The van der Waals surface area contributed by atoms with Crippen molar-refractivity contribution < 1.29 is 29.0 Å². The molecule has 0 spiro atoms. The molecule has 2 fully saturated rings. The highest BCUT2D eigenvalue weighted by molar-refractivity contribution is 5.90. The van der Waals surface area contributed by atoms with Crippen LogP contribution in [-0.2, 0) is 32.0 Å². The first-order valence-corrected chi connectivity index (χ1v) is 17.1. The largest absolute Gasteiger partial charge is 0.497 e. The van der Waals surface area contributed by atoms with E-state index < -0.39 is 29.9 Å². The summed E-state index contributed by atoms with van der Waals surface area (Å²) in [7, 11) is 1.61. The molecule has 4 unspecified atom stereocenters. The van der Waals surface area contributed by atoms with Gasteiger partial charge >= 0.3 is 0 Å². The molecule has 1 aliphatic carbocycles. The molecule has 10 nitrogen and oxygen atoms in total. The second kappa shape index (κ2) is 15.7. The summed E-state index contributed by atoms with van der Waals surface area (Å²) in [5, 5.41) is 17.8. The van der Waals surface area contributed by atoms with E-state index in [2.05, 4.69) is 10.6 Å². The number of hydrogen-bond acceptors (Lipinski definition) is 7. The number of aliphatic hydroxyl groups excluding tert-OH is 1. The molecule has 260 valence electrons. The number of hydrogen-bond donors (Lipinski definition) is 3. The Morgan fingerprint density at radius 1 is 0.898 bits per heavy atom. The number of carbonyl (C=O) groups is 4. The fourth-order valence-electron chi connectivity index (χ4n) is 7.41. The number of methoxy groups -OCH3 is 1. The Hall–Kier alpha value is -4.70. The summed E-state index contributed by atoms with van der Waals surface area (Å²) >= 11 is 0. The van der Waals surface area contributed by atoms with Gasteiger partial charge in [-0.05, 0) is 80.0 Å². The standard InChI is InChI=1S/C39H48N4O6/c1-26(44)34(41-38(48)39(20-8-9-21-39)22-23-40-27(2)45)24-29-12-16-32(17-13-29)43-36(31-10-6-5-7-11-31)42(28(3)46)35(37(43)47)25-30-14-18-33(49-4)19-15-30/h5-7,10-19,34-37,47H,8-9,20-25H2,1-4H3,(H,40,45)(H,41,48). The van der Waals surface area contributed by atoms with Crippen molar-refractivity contribution in [1.82, 2.24) is 15.5 Å². The molecule has 1 saturated carbocycles. The van der Waals surface area contributed by atoms with Gasteiger partial charge in [-0.25, -0.2) is 0 Å². The van der Waals surface area contributed by atoms with Gasteiger partial charge in [-0.15, -0.1) is 0 Å². The van der Waals surface area contributed by atoms with Crippen molar-refractivity contribution >= 4 is 29.2 Å². The summed E-state index contributed by atoms with van der Waals surface area (Å²) in [6.07, 6.45) is 3.07. The molecule has 0 radical (unpaired) electrons. The van der Waals surface area contributed by atoms with Crippen LogP contribution in [0.5, 0.6) is 5.75 Å². The van der Waals surface area contributed by atoms with Crippen LogP contribution >= 0.6 is 0 Å². The minimum Gasteiger partial charge on any atom is -0.497 e. The summed E-state index contributed by atoms with van der Waals surface area (Å²) in [6.45, 7) is 4.90. The maximum atomic E-state index is 13.6. The molecule has 3 aromatic rings. The molecule has 5 rings (SSSR count).